The summed E-state index contributed by atoms with van der Waals surface area (Å²) in [5.41, 5.74) is 2.95. The largest absolute Gasteiger partial charge is 0.497 e. The van der Waals surface area contributed by atoms with E-state index in [1.54, 1.807) is 7.11 Å². The fourth-order valence-corrected chi connectivity index (χ4v) is 5.70. The summed E-state index contributed by atoms with van der Waals surface area (Å²) in [6.07, 6.45) is 6.96. The number of amides is 2. The first kappa shape index (κ1) is 24.9. The van der Waals surface area contributed by atoms with Gasteiger partial charge in [0.05, 0.1) is 7.11 Å². The molecule has 1 saturated heterocycles. The molecule has 0 spiro atoms. The number of carbonyl (C=O) groups excluding carboxylic acids is 1. The Hall–Kier alpha value is -1.75. The molecule has 0 aromatic heterocycles. The SMILES string of the molecule is CCCN(CC1CCN(C(=O)N(C(C)C)C(C)C)CC1)C1CCc2cc(OC)ccc2C1. The number of urea groups is 1. The Kier molecular flexibility index (Phi) is 8.87. The molecule has 2 aliphatic rings. The van der Waals surface area contributed by atoms with Gasteiger partial charge in [-0.05, 0) is 102 Å². The number of hydrogen-bond donors (Lipinski definition) is 0. The molecule has 5 nitrogen and oxygen atoms in total. The van der Waals surface area contributed by atoms with Crippen LogP contribution in [0.15, 0.2) is 18.2 Å². The van der Waals surface area contributed by atoms with Crippen LogP contribution in [0.2, 0.25) is 0 Å². The van der Waals surface area contributed by atoms with Gasteiger partial charge in [-0.15, -0.1) is 0 Å². The molecular weight excluding hydrogens is 398 g/mol. The number of hydrogen-bond acceptors (Lipinski definition) is 3. The molecule has 0 saturated carbocycles. The summed E-state index contributed by atoms with van der Waals surface area (Å²) in [5.74, 6) is 1.66. The number of nitrogens with zero attached hydrogens (tertiary/aromatic N) is 3. The van der Waals surface area contributed by atoms with E-state index in [0.717, 1.165) is 44.5 Å². The van der Waals surface area contributed by atoms with Crippen molar-refractivity contribution in [2.45, 2.75) is 91.3 Å². The van der Waals surface area contributed by atoms with Crippen molar-refractivity contribution in [3.05, 3.63) is 29.3 Å². The summed E-state index contributed by atoms with van der Waals surface area (Å²) in [4.78, 5) is 19.9. The van der Waals surface area contributed by atoms with E-state index >= 15 is 0 Å². The number of methoxy groups -OCH3 is 1. The molecule has 32 heavy (non-hydrogen) atoms. The van der Waals surface area contributed by atoms with E-state index in [9.17, 15) is 4.79 Å². The first-order valence-electron chi connectivity index (χ1n) is 12.8. The topological polar surface area (TPSA) is 36.0 Å². The summed E-state index contributed by atoms with van der Waals surface area (Å²) in [7, 11) is 1.75. The molecule has 1 atom stereocenters. The maximum absolute atomic E-state index is 13.1. The molecule has 1 unspecified atom stereocenters. The smallest absolute Gasteiger partial charge is 0.320 e. The van der Waals surface area contributed by atoms with Crippen molar-refractivity contribution in [3.8, 4) is 5.75 Å². The van der Waals surface area contributed by atoms with Crippen LogP contribution < -0.4 is 4.74 Å². The van der Waals surface area contributed by atoms with Gasteiger partial charge in [-0.2, -0.15) is 0 Å². The number of rotatable bonds is 8. The molecule has 1 aliphatic heterocycles. The van der Waals surface area contributed by atoms with Crippen LogP contribution in [-0.2, 0) is 12.8 Å². The van der Waals surface area contributed by atoms with Gasteiger partial charge >= 0.3 is 6.03 Å². The van der Waals surface area contributed by atoms with Crippen LogP contribution in [0.25, 0.3) is 0 Å². The van der Waals surface area contributed by atoms with E-state index in [1.807, 2.05) is 4.90 Å². The lowest BCUT2D eigenvalue weighted by Gasteiger charge is -2.41. The quantitative estimate of drug-likeness (QED) is 0.553. The Balaban J connectivity index is 1.56. The molecule has 1 fully saturated rings. The van der Waals surface area contributed by atoms with E-state index in [-0.39, 0.29) is 18.1 Å². The van der Waals surface area contributed by atoms with Crippen LogP contribution >= 0.6 is 0 Å². The van der Waals surface area contributed by atoms with Crippen molar-refractivity contribution in [3.63, 3.8) is 0 Å². The summed E-state index contributed by atoms with van der Waals surface area (Å²) in [5, 5.41) is 0. The summed E-state index contributed by atoms with van der Waals surface area (Å²) >= 11 is 0. The molecular formula is C27H45N3O2. The molecule has 1 heterocycles. The average Bonchev–Trinajstić information content (AvgIpc) is 2.78. The lowest BCUT2D eigenvalue weighted by molar-refractivity contribution is 0.0913. The van der Waals surface area contributed by atoms with Gasteiger partial charge in [0, 0.05) is 37.8 Å². The van der Waals surface area contributed by atoms with E-state index in [0.29, 0.717) is 12.0 Å². The first-order valence-corrected chi connectivity index (χ1v) is 12.8. The molecule has 2 amide bonds. The Bertz CT molecular complexity index is 732. The van der Waals surface area contributed by atoms with Crippen LogP contribution in [0.3, 0.4) is 0 Å². The lowest BCUT2D eigenvalue weighted by Crippen LogP contribution is -2.52. The molecule has 1 aromatic rings. The van der Waals surface area contributed by atoms with Gasteiger partial charge in [-0.1, -0.05) is 13.0 Å². The second-order valence-corrected chi connectivity index (χ2v) is 10.3. The zero-order chi connectivity index (χ0) is 23.3. The van der Waals surface area contributed by atoms with Gasteiger partial charge in [0.2, 0.25) is 0 Å². The molecule has 1 aliphatic carbocycles. The highest BCUT2D eigenvalue weighted by atomic mass is 16.5. The fraction of sp³-hybridized carbons (Fsp3) is 0.741. The average molecular weight is 444 g/mol. The minimum Gasteiger partial charge on any atom is -0.497 e. The lowest BCUT2D eigenvalue weighted by atomic mass is 9.86. The molecule has 180 valence electrons. The Morgan fingerprint density at radius 3 is 2.38 bits per heavy atom. The highest BCUT2D eigenvalue weighted by Crippen LogP contribution is 2.30. The molecule has 5 heteroatoms. The van der Waals surface area contributed by atoms with E-state index in [1.165, 1.54) is 37.1 Å². The number of benzene rings is 1. The molecule has 0 bridgehead atoms. The number of likely N-dealkylation sites (tertiary alicyclic amines) is 1. The van der Waals surface area contributed by atoms with Crippen molar-refractivity contribution in [1.29, 1.82) is 0 Å². The zero-order valence-corrected chi connectivity index (χ0v) is 21.3. The minimum absolute atomic E-state index is 0.221. The van der Waals surface area contributed by atoms with E-state index in [2.05, 4.69) is 62.6 Å². The number of aryl methyl sites for hydroxylation is 1. The van der Waals surface area contributed by atoms with E-state index in [4.69, 9.17) is 4.74 Å². The van der Waals surface area contributed by atoms with Gasteiger partial charge in [-0.3, -0.25) is 4.90 Å². The monoisotopic (exact) mass is 443 g/mol. The van der Waals surface area contributed by atoms with Gasteiger partial charge in [0.15, 0.2) is 0 Å². The van der Waals surface area contributed by atoms with Gasteiger partial charge in [-0.25, -0.2) is 4.79 Å². The maximum Gasteiger partial charge on any atom is 0.320 e. The Morgan fingerprint density at radius 1 is 1.09 bits per heavy atom. The Morgan fingerprint density at radius 2 is 1.78 bits per heavy atom. The van der Waals surface area contributed by atoms with Gasteiger partial charge in [0.1, 0.15) is 5.75 Å². The van der Waals surface area contributed by atoms with Gasteiger partial charge < -0.3 is 14.5 Å². The van der Waals surface area contributed by atoms with E-state index < -0.39 is 0 Å². The highest BCUT2D eigenvalue weighted by Gasteiger charge is 2.31. The van der Waals surface area contributed by atoms with Crippen LogP contribution in [0.4, 0.5) is 4.79 Å². The molecule has 0 N–H and O–H groups in total. The minimum atomic E-state index is 0.221. The predicted octanol–water partition coefficient (Wildman–Crippen LogP) is 5.22. The van der Waals surface area contributed by atoms with Crippen LogP contribution in [0, 0.1) is 5.92 Å². The summed E-state index contributed by atoms with van der Waals surface area (Å²) in [6, 6.07) is 7.94. The zero-order valence-electron chi connectivity index (χ0n) is 21.3. The highest BCUT2D eigenvalue weighted by molar-refractivity contribution is 5.75. The molecule has 3 rings (SSSR count). The predicted molar refractivity (Wildman–Crippen MR) is 132 cm³/mol. The van der Waals surface area contributed by atoms with Crippen molar-refractivity contribution in [2.24, 2.45) is 5.92 Å². The summed E-state index contributed by atoms with van der Waals surface area (Å²) in [6.45, 7) is 14.9. The number of carbonyl (C=O) groups is 1. The molecule has 0 radical (unpaired) electrons. The standard InChI is InChI=1S/C27H45N3O2/c1-7-14-29(25-10-8-24-18-26(32-6)11-9-23(24)17-25)19-22-12-15-28(16-13-22)27(31)30(20(2)3)21(4)5/h9,11,18,20-22,25H,7-8,10,12-17,19H2,1-6H3. The van der Waals surface area contributed by atoms with Crippen LogP contribution in [-0.4, -0.2) is 72.1 Å². The summed E-state index contributed by atoms with van der Waals surface area (Å²) < 4.78 is 5.42. The van der Waals surface area contributed by atoms with Crippen molar-refractivity contribution in [1.82, 2.24) is 14.7 Å². The van der Waals surface area contributed by atoms with Crippen molar-refractivity contribution in [2.75, 3.05) is 33.3 Å². The van der Waals surface area contributed by atoms with Crippen molar-refractivity contribution < 1.29 is 9.53 Å². The normalized spacial score (nSPS) is 19.5. The number of ether oxygens (including phenoxy) is 1. The third-order valence-electron chi connectivity index (χ3n) is 7.35. The van der Waals surface area contributed by atoms with Crippen LogP contribution in [0.1, 0.15) is 71.4 Å². The fourth-order valence-electron chi connectivity index (χ4n) is 5.70. The second kappa shape index (κ2) is 11.4. The van der Waals surface area contributed by atoms with Crippen LogP contribution in [0.5, 0.6) is 5.75 Å². The number of piperidine rings is 1. The van der Waals surface area contributed by atoms with Gasteiger partial charge in [0.25, 0.3) is 0 Å². The van der Waals surface area contributed by atoms with Crippen molar-refractivity contribution >= 4 is 6.03 Å². The molecule has 1 aromatic carbocycles. The second-order valence-electron chi connectivity index (χ2n) is 10.3. The third-order valence-corrected chi connectivity index (χ3v) is 7.35. The maximum atomic E-state index is 13.1. The Labute approximate surface area is 196 Å². The number of fused-ring (bicyclic) bond motifs is 1. The third kappa shape index (κ3) is 5.98. The first-order chi connectivity index (χ1) is 15.3.